The Hall–Kier alpha value is -1.99. The van der Waals surface area contributed by atoms with E-state index >= 15 is 0 Å². The van der Waals surface area contributed by atoms with E-state index < -0.39 is 0 Å². The number of nitrogens with zero attached hydrogens (tertiary/aromatic N) is 5. The fraction of sp³-hybridized carbons (Fsp3) is 0.650. The maximum atomic E-state index is 13.0. The number of carbonyl (C=O) groups is 1. The fourth-order valence-electron chi connectivity index (χ4n) is 5.33. The van der Waals surface area contributed by atoms with Crippen LogP contribution in [-0.4, -0.2) is 73.7 Å². The number of amides is 1. The van der Waals surface area contributed by atoms with E-state index in [0.717, 1.165) is 50.4 Å². The van der Waals surface area contributed by atoms with E-state index in [2.05, 4.69) is 15.0 Å². The standard InChI is InChI=1S/C20H27N5O2/c1-13-6-19-21-9-16(12-25(19)22-13)20(27)24-10-14-7-17(23-4-2-3-5-23)18(26)8-15(14)11-24/h6,9,12,14-15,17-18,26H,2-5,7-8,10-11H2,1H3/t14-,15+,17-,18-/m1/s1. The first-order chi connectivity index (χ1) is 13.1. The van der Waals surface area contributed by atoms with Gasteiger partial charge in [0.25, 0.3) is 5.91 Å². The van der Waals surface area contributed by atoms with Crippen LogP contribution in [0, 0.1) is 18.8 Å². The number of aromatic nitrogens is 3. The highest BCUT2D eigenvalue weighted by atomic mass is 16.3. The summed E-state index contributed by atoms with van der Waals surface area (Å²) in [6, 6.07) is 2.17. The van der Waals surface area contributed by atoms with Gasteiger partial charge in [0, 0.05) is 37.6 Å². The average Bonchev–Trinajstić information content (AvgIpc) is 3.37. The number of hydrogen-bond acceptors (Lipinski definition) is 5. The van der Waals surface area contributed by atoms with Crippen molar-refractivity contribution < 1.29 is 9.90 Å². The minimum atomic E-state index is -0.260. The zero-order chi connectivity index (χ0) is 18.5. The van der Waals surface area contributed by atoms with Gasteiger partial charge in [0.15, 0.2) is 5.65 Å². The highest BCUT2D eigenvalue weighted by molar-refractivity contribution is 5.94. The second-order valence-corrected chi connectivity index (χ2v) is 8.51. The van der Waals surface area contributed by atoms with Gasteiger partial charge in [-0.1, -0.05) is 0 Å². The van der Waals surface area contributed by atoms with Gasteiger partial charge in [-0.2, -0.15) is 5.10 Å². The number of likely N-dealkylation sites (tertiary alicyclic amines) is 2. The molecule has 2 saturated heterocycles. The maximum absolute atomic E-state index is 13.0. The second-order valence-electron chi connectivity index (χ2n) is 8.51. The molecule has 2 aromatic heterocycles. The van der Waals surface area contributed by atoms with Gasteiger partial charge in [-0.3, -0.25) is 9.69 Å². The molecule has 144 valence electrons. The lowest BCUT2D eigenvalue weighted by Crippen LogP contribution is -2.48. The summed E-state index contributed by atoms with van der Waals surface area (Å²) in [5, 5.41) is 15.0. The van der Waals surface area contributed by atoms with Crippen LogP contribution >= 0.6 is 0 Å². The quantitative estimate of drug-likeness (QED) is 0.865. The molecule has 7 nitrogen and oxygen atoms in total. The van der Waals surface area contributed by atoms with Gasteiger partial charge in [-0.25, -0.2) is 9.50 Å². The Bertz CT molecular complexity index is 859. The summed E-state index contributed by atoms with van der Waals surface area (Å²) in [6.45, 7) is 5.66. The number of carbonyl (C=O) groups excluding carboxylic acids is 1. The van der Waals surface area contributed by atoms with E-state index in [9.17, 15) is 9.90 Å². The Balaban J connectivity index is 1.31. The highest BCUT2D eigenvalue weighted by Gasteiger charge is 2.45. The predicted molar refractivity (Wildman–Crippen MR) is 100 cm³/mol. The van der Waals surface area contributed by atoms with Crippen molar-refractivity contribution in [2.45, 2.75) is 44.8 Å². The van der Waals surface area contributed by atoms with E-state index in [4.69, 9.17) is 0 Å². The van der Waals surface area contributed by atoms with Crippen LogP contribution in [0.2, 0.25) is 0 Å². The van der Waals surface area contributed by atoms with Crippen molar-refractivity contribution in [3.63, 3.8) is 0 Å². The number of rotatable bonds is 2. The molecular weight excluding hydrogens is 342 g/mol. The third kappa shape index (κ3) is 3.02. The molecule has 1 amide bonds. The zero-order valence-corrected chi connectivity index (χ0v) is 15.8. The Morgan fingerprint density at radius 1 is 1.19 bits per heavy atom. The summed E-state index contributed by atoms with van der Waals surface area (Å²) in [6.07, 6.45) is 7.47. The number of aliphatic hydroxyl groups is 1. The first-order valence-corrected chi connectivity index (χ1v) is 10.1. The first-order valence-electron chi connectivity index (χ1n) is 10.1. The molecule has 4 heterocycles. The molecule has 0 spiro atoms. The lowest BCUT2D eigenvalue weighted by atomic mass is 9.77. The van der Waals surface area contributed by atoms with Crippen molar-refractivity contribution in [1.82, 2.24) is 24.4 Å². The molecule has 3 fully saturated rings. The van der Waals surface area contributed by atoms with Gasteiger partial charge < -0.3 is 10.0 Å². The molecule has 1 N–H and O–H groups in total. The second kappa shape index (κ2) is 6.56. The molecular formula is C20H27N5O2. The summed E-state index contributed by atoms with van der Waals surface area (Å²) >= 11 is 0. The zero-order valence-electron chi connectivity index (χ0n) is 15.8. The molecule has 0 radical (unpaired) electrons. The van der Waals surface area contributed by atoms with Crippen LogP contribution in [-0.2, 0) is 0 Å². The van der Waals surface area contributed by atoms with Crippen molar-refractivity contribution in [3.8, 4) is 0 Å². The van der Waals surface area contributed by atoms with E-state index in [1.165, 1.54) is 12.8 Å². The van der Waals surface area contributed by atoms with E-state index in [1.807, 2.05) is 17.9 Å². The fourth-order valence-corrected chi connectivity index (χ4v) is 5.33. The van der Waals surface area contributed by atoms with Crippen LogP contribution in [0.5, 0.6) is 0 Å². The summed E-state index contributed by atoms with van der Waals surface area (Å²) in [5.41, 5.74) is 2.23. The van der Waals surface area contributed by atoms with Gasteiger partial charge >= 0.3 is 0 Å². The van der Waals surface area contributed by atoms with Crippen molar-refractivity contribution >= 4 is 11.6 Å². The Labute approximate surface area is 159 Å². The van der Waals surface area contributed by atoms with Gasteiger partial charge in [0.05, 0.1) is 17.4 Å². The van der Waals surface area contributed by atoms with Crippen LogP contribution < -0.4 is 0 Å². The van der Waals surface area contributed by atoms with Crippen LogP contribution in [0.15, 0.2) is 18.5 Å². The SMILES string of the molecule is Cc1cc2ncc(C(=O)N3C[C@H]4C[C@@H](N5CCCC5)[C@H](O)C[C@H]4C3)cn2n1. The van der Waals surface area contributed by atoms with Crippen LogP contribution in [0.25, 0.3) is 5.65 Å². The number of aliphatic hydroxyl groups excluding tert-OH is 1. The summed E-state index contributed by atoms with van der Waals surface area (Å²) < 4.78 is 1.68. The molecule has 27 heavy (non-hydrogen) atoms. The Kier molecular flexibility index (Phi) is 4.16. The first kappa shape index (κ1) is 17.1. The Morgan fingerprint density at radius 2 is 1.93 bits per heavy atom. The molecule has 1 saturated carbocycles. The molecule has 7 heteroatoms. The van der Waals surface area contributed by atoms with Crippen LogP contribution in [0.3, 0.4) is 0 Å². The van der Waals surface area contributed by atoms with E-state index in [-0.39, 0.29) is 18.1 Å². The topological polar surface area (TPSA) is 74.0 Å². The largest absolute Gasteiger partial charge is 0.391 e. The van der Waals surface area contributed by atoms with Gasteiger partial charge in [0.1, 0.15) is 0 Å². The number of fused-ring (bicyclic) bond motifs is 2. The van der Waals surface area contributed by atoms with Crippen LogP contribution in [0.4, 0.5) is 0 Å². The molecule has 0 bridgehead atoms. The van der Waals surface area contributed by atoms with Crippen molar-refractivity contribution in [2.75, 3.05) is 26.2 Å². The van der Waals surface area contributed by atoms with Gasteiger partial charge in [-0.05, 0) is 57.5 Å². The Morgan fingerprint density at radius 3 is 2.70 bits per heavy atom. The minimum Gasteiger partial charge on any atom is -0.391 e. The van der Waals surface area contributed by atoms with Crippen molar-refractivity contribution in [1.29, 1.82) is 0 Å². The summed E-state index contributed by atoms with van der Waals surface area (Å²) in [7, 11) is 0. The van der Waals surface area contributed by atoms with E-state index in [0.29, 0.717) is 17.4 Å². The molecule has 3 aliphatic rings. The normalized spacial score (nSPS) is 31.6. The van der Waals surface area contributed by atoms with Gasteiger partial charge in [-0.15, -0.1) is 0 Å². The van der Waals surface area contributed by atoms with Gasteiger partial charge in [0.2, 0.25) is 0 Å². The molecule has 2 aromatic rings. The lowest BCUT2D eigenvalue weighted by Gasteiger charge is -2.40. The third-order valence-electron chi connectivity index (χ3n) is 6.69. The molecule has 0 unspecified atom stereocenters. The third-order valence-corrected chi connectivity index (χ3v) is 6.69. The molecule has 2 aliphatic heterocycles. The smallest absolute Gasteiger partial charge is 0.257 e. The monoisotopic (exact) mass is 369 g/mol. The minimum absolute atomic E-state index is 0.0270. The number of aryl methyl sites for hydroxylation is 1. The van der Waals surface area contributed by atoms with E-state index in [1.54, 1.807) is 16.9 Å². The maximum Gasteiger partial charge on any atom is 0.257 e. The highest BCUT2D eigenvalue weighted by Crippen LogP contribution is 2.39. The van der Waals surface area contributed by atoms with Crippen molar-refractivity contribution in [2.24, 2.45) is 11.8 Å². The molecule has 1 aliphatic carbocycles. The molecule has 4 atom stereocenters. The molecule has 5 rings (SSSR count). The molecule has 0 aromatic carbocycles. The van der Waals surface area contributed by atoms with Crippen molar-refractivity contribution in [3.05, 3.63) is 29.7 Å². The van der Waals surface area contributed by atoms with Crippen LogP contribution in [0.1, 0.15) is 41.7 Å². The summed E-state index contributed by atoms with van der Waals surface area (Å²) in [4.78, 5) is 21.8. The summed E-state index contributed by atoms with van der Waals surface area (Å²) in [5.74, 6) is 0.928. The lowest BCUT2D eigenvalue weighted by molar-refractivity contribution is -0.000864. The predicted octanol–water partition coefficient (Wildman–Crippen LogP) is 1.35. The number of hydrogen-bond donors (Lipinski definition) is 1. The average molecular weight is 369 g/mol.